The molecule has 4 aliphatic rings. The van der Waals surface area contributed by atoms with Crippen LogP contribution in [0, 0.1) is 29.1 Å². The van der Waals surface area contributed by atoms with Crippen molar-refractivity contribution in [2.24, 2.45) is 29.1 Å². The quantitative estimate of drug-likeness (QED) is 0.799. The average Bonchev–Trinajstić information content (AvgIpc) is 3.17. The van der Waals surface area contributed by atoms with Gasteiger partial charge in [-0.25, -0.2) is 5.01 Å². The van der Waals surface area contributed by atoms with Crippen LogP contribution in [-0.4, -0.2) is 11.8 Å². The van der Waals surface area contributed by atoms with Crippen molar-refractivity contribution in [3.05, 3.63) is 42.5 Å². The van der Waals surface area contributed by atoms with Crippen LogP contribution in [-0.2, 0) is 9.59 Å². The second-order valence-electron chi connectivity index (χ2n) is 6.71. The zero-order valence-electron chi connectivity index (χ0n) is 11.5. The lowest BCUT2D eigenvalue weighted by Crippen LogP contribution is -2.60. The zero-order valence-corrected chi connectivity index (χ0v) is 11.5. The highest BCUT2D eigenvalue weighted by Gasteiger charge is 2.71. The summed E-state index contributed by atoms with van der Waals surface area (Å²) >= 11 is 0. The predicted molar refractivity (Wildman–Crippen MR) is 76.8 cm³/mol. The van der Waals surface area contributed by atoms with Crippen molar-refractivity contribution in [3.8, 4) is 0 Å². The van der Waals surface area contributed by atoms with E-state index in [1.165, 1.54) is 5.01 Å². The number of hydrazine groups is 1. The highest BCUT2D eigenvalue weighted by Crippen LogP contribution is 2.72. The van der Waals surface area contributed by atoms with Crippen LogP contribution < -0.4 is 10.4 Å². The molecule has 1 aromatic carbocycles. The molecule has 1 spiro atoms. The Labute approximate surface area is 122 Å². The molecule has 1 saturated heterocycles. The lowest BCUT2D eigenvalue weighted by atomic mass is 9.80. The number of hydrogen-bond acceptors (Lipinski definition) is 2. The molecule has 0 aromatic heterocycles. The number of anilines is 1. The number of benzene rings is 1. The number of hydrogen-bond donors (Lipinski definition) is 1. The van der Waals surface area contributed by atoms with Crippen LogP contribution in [0.4, 0.5) is 5.69 Å². The lowest BCUT2D eigenvalue weighted by molar-refractivity contribution is -0.140. The summed E-state index contributed by atoms with van der Waals surface area (Å²) in [7, 11) is 0. The molecule has 1 aromatic rings. The molecular formula is C17H16N2O2. The Morgan fingerprint density at radius 1 is 1.00 bits per heavy atom. The monoisotopic (exact) mass is 280 g/mol. The normalized spacial score (nSPS) is 37.8. The van der Waals surface area contributed by atoms with Crippen molar-refractivity contribution in [3.63, 3.8) is 0 Å². The summed E-state index contributed by atoms with van der Waals surface area (Å²) in [6.45, 7) is 0. The van der Waals surface area contributed by atoms with E-state index in [-0.39, 0.29) is 40.9 Å². The molecule has 3 fully saturated rings. The fraction of sp³-hybridized carbons (Fsp3) is 0.412. The third-order valence-corrected chi connectivity index (χ3v) is 5.89. The number of rotatable bonds is 1. The first kappa shape index (κ1) is 11.5. The number of amides is 2. The SMILES string of the molecule is O=C1NN(c2ccccc2)C(=O)[C@H]2[C@@H]1[C@H]1C=C[C@H]2C12CC2. The van der Waals surface area contributed by atoms with Gasteiger partial charge in [0.25, 0.3) is 0 Å². The van der Waals surface area contributed by atoms with E-state index >= 15 is 0 Å². The molecule has 5 rings (SSSR count). The smallest absolute Gasteiger partial charge is 0.250 e. The summed E-state index contributed by atoms with van der Waals surface area (Å²) in [4.78, 5) is 25.5. The van der Waals surface area contributed by atoms with Gasteiger partial charge in [0.05, 0.1) is 17.5 Å². The molecule has 1 N–H and O–H groups in total. The number of para-hydroxylation sites is 1. The maximum absolute atomic E-state index is 12.9. The van der Waals surface area contributed by atoms with E-state index in [2.05, 4.69) is 17.6 Å². The van der Waals surface area contributed by atoms with Gasteiger partial charge in [0.15, 0.2) is 0 Å². The van der Waals surface area contributed by atoms with Gasteiger partial charge < -0.3 is 0 Å². The zero-order chi connectivity index (χ0) is 14.2. The van der Waals surface area contributed by atoms with E-state index in [4.69, 9.17) is 0 Å². The third-order valence-electron chi connectivity index (χ3n) is 5.89. The van der Waals surface area contributed by atoms with Crippen molar-refractivity contribution in [2.75, 3.05) is 5.01 Å². The second kappa shape index (κ2) is 3.56. The number of allylic oxidation sites excluding steroid dienone is 2. The van der Waals surface area contributed by atoms with Gasteiger partial charge in [0.1, 0.15) is 0 Å². The first-order chi connectivity index (χ1) is 10.2. The number of carbonyl (C=O) groups excluding carboxylic acids is 2. The number of nitrogens with zero attached hydrogens (tertiary/aromatic N) is 1. The molecule has 21 heavy (non-hydrogen) atoms. The summed E-state index contributed by atoms with van der Waals surface area (Å²) in [5, 5.41) is 1.45. The van der Waals surface area contributed by atoms with Crippen LogP contribution in [0.2, 0.25) is 0 Å². The van der Waals surface area contributed by atoms with Crippen molar-refractivity contribution < 1.29 is 9.59 Å². The third kappa shape index (κ3) is 1.26. The van der Waals surface area contributed by atoms with Crippen LogP contribution in [0.15, 0.2) is 42.5 Å². The minimum atomic E-state index is -0.170. The largest absolute Gasteiger partial charge is 0.273 e. The van der Waals surface area contributed by atoms with Gasteiger partial charge >= 0.3 is 0 Å². The molecule has 4 nitrogen and oxygen atoms in total. The van der Waals surface area contributed by atoms with E-state index in [0.717, 1.165) is 18.5 Å². The molecule has 2 bridgehead atoms. The topological polar surface area (TPSA) is 49.4 Å². The van der Waals surface area contributed by atoms with E-state index in [1.54, 1.807) is 0 Å². The van der Waals surface area contributed by atoms with Crippen LogP contribution in [0.1, 0.15) is 12.8 Å². The Morgan fingerprint density at radius 2 is 1.67 bits per heavy atom. The Balaban J connectivity index is 1.57. The van der Waals surface area contributed by atoms with Gasteiger partial charge in [0, 0.05) is 0 Å². The van der Waals surface area contributed by atoms with Crippen molar-refractivity contribution in [1.29, 1.82) is 0 Å². The van der Waals surface area contributed by atoms with Crippen LogP contribution >= 0.6 is 0 Å². The minimum Gasteiger partial charge on any atom is -0.273 e. The van der Waals surface area contributed by atoms with Gasteiger partial charge in [-0.2, -0.15) is 0 Å². The van der Waals surface area contributed by atoms with Gasteiger partial charge in [-0.1, -0.05) is 30.4 Å². The minimum absolute atomic E-state index is 0.00609. The average molecular weight is 280 g/mol. The first-order valence-electron chi connectivity index (χ1n) is 7.60. The highest BCUT2D eigenvalue weighted by atomic mass is 16.2. The van der Waals surface area contributed by atoms with Crippen molar-refractivity contribution in [1.82, 2.24) is 5.43 Å². The van der Waals surface area contributed by atoms with Gasteiger partial charge in [-0.15, -0.1) is 0 Å². The van der Waals surface area contributed by atoms with Crippen LogP contribution in [0.5, 0.6) is 0 Å². The summed E-state index contributed by atoms with van der Waals surface area (Å²) in [6, 6.07) is 9.37. The van der Waals surface area contributed by atoms with Gasteiger partial charge in [-0.3, -0.25) is 15.0 Å². The van der Waals surface area contributed by atoms with E-state index in [0.29, 0.717) is 0 Å². The summed E-state index contributed by atoms with van der Waals surface area (Å²) in [5.41, 5.74) is 3.79. The van der Waals surface area contributed by atoms with Crippen molar-refractivity contribution in [2.45, 2.75) is 12.8 Å². The van der Waals surface area contributed by atoms with E-state index < -0.39 is 0 Å². The molecule has 1 heterocycles. The molecule has 0 radical (unpaired) electrons. The van der Waals surface area contributed by atoms with Crippen LogP contribution in [0.25, 0.3) is 0 Å². The standard InChI is InChI=1S/C17H16N2O2/c20-15-13-11-6-7-12(17(11)8-9-17)14(13)16(21)19(18-15)10-4-2-1-3-5-10/h1-7,11-14H,8-9H2,(H,18,20)/t11-,12-,13+,14-/m1/s1. The fourth-order valence-corrected chi connectivity index (χ4v) is 4.85. The molecule has 0 unspecified atom stereocenters. The second-order valence-corrected chi connectivity index (χ2v) is 6.71. The van der Waals surface area contributed by atoms with Gasteiger partial charge in [0.2, 0.25) is 11.8 Å². The molecule has 2 saturated carbocycles. The maximum atomic E-state index is 12.9. The number of fused-ring (bicyclic) bond motifs is 3. The molecule has 3 aliphatic carbocycles. The van der Waals surface area contributed by atoms with E-state index in [9.17, 15) is 9.59 Å². The first-order valence-corrected chi connectivity index (χ1v) is 7.60. The van der Waals surface area contributed by atoms with Crippen molar-refractivity contribution >= 4 is 17.5 Å². The molecule has 2 amide bonds. The Kier molecular flexibility index (Phi) is 1.96. The Hall–Kier alpha value is -2.10. The molecule has 4 atom stereocenters. The predicted octanol–water partition coefficient (Wildman–Crippen LogP) is 1.89. The molecule has 1 aliphatic heterocycles. The summed E-state index contributed by atoms with van der Waals surface area (Å²) in [6.07, 6.45) is 6.70. The maximum Gasteiger partial charge on any atom is 0.250 e. The summed E-state index contributed by atoms with van der Waals surface area (Å²) < 4.78 is 0. The highest BCUT2D eigenvalue weighted by molar-refractivity contribution is 6.05. The number of nitrogens with one attached hydrogen (secondary N) is 1. The Bertz CT molecular complexity index is 677. The van der Waals surface area contributed by atoms with E-state index in [1.807, 2.05) is 30.3 Å². The Morgan fingerprint density at radius 3 is 2.33 bits per heavy atom. The lowest BCUT2D eigenvalue weighted by Gasteiger charge is -2.37. The molecule has 106 valence electrons. The summed E-state index contributed by atoms with van der Waals surface area (Å²) in [5.74, 6) is 0.263. The molecular weight excluding hydrogens is 264 g/mol. The van der Waals surface area contributed by atoms with Crippen LogP contribution in [0.3, 0.4) is 0 Å². The van der Waals surface area contributed by atoms with Gasteiger partial charge in [-0.05, 0) is 42.2 Å². The number of carbonyl (C=O) groups is 2. The fourth-order valence-electron chi connectivity index (χ4n) is 4.85. The molecule has 4 heteroatoms.